The van der Waals surface area contributed by atoms with Crippen LogP contribution in [0.5, 0.6) is 28.9 Å². The number of aromatic nitrogens is 1. The van der Waals surface area contributed by atoms with Crippen LogP contribution in [0.3, 0.4) is 0 Å². The first-order valence-corrected chi connectivity index (χ1v) is 18.4. The molecule has 2 heterocycles. The standard InChI is InChI=1S/C46H49N3O5/c1-33-8-15-42(16-9-33)52-26-6-7-37-10-14-40(34(2)27-37)31-48-22-24-49(25-23-48)45(50)21-13-39-28-35(3)46(36(4)29-39)54-44-20-19-43(30-47-44)53-32-38-11-17-41(51-5)18-12-38/h6-21,27-30H,22-26,31-32H2,1-5H3. The zero-order valence-corrected chi connectivity index (χ0v) is 31.9. The summed E-state index contributed by atoms with van der Waals surface area (Å²) >= 11 is 0. The normalized spacial score (nSPS) is 13.4. The van der Waals surface area contributed by atoms with E-state index in [1.807, 2.05) is 85.5 Å². The van der Waals surface area contributed by atoms with Crippen LogP contribution >= 0.6 is 0 Å². The number of carbonyl (C=O) groups excluding carboxylic acids is 1. The number of benzene rings is 4. The smallest absolute Gasteiger partial charge is 0.246 e. The summed E-state index contributed by atoms with van der Waals surface area (Å²) in [6, 6.07) is 30.2. The molecule has 8 nitrogen and oxygen atoms in total. The number of amides is 1. The van der Waals surface area contributed by atoms with Crippen LogP contribution in [-0.2, 0) is 17.9 Å². The Morgan fingerprint density at radius 2 is 1.41 bits per heavy atom. The van der Waals surface area contributed by atoms with Gasteiger partial charge < -0.3 is 23.8 Å². The number of aryl methyl sites for hydroxylation is 4. The van der Waals surface area contributed by atoms with Crippen LogP contribution in [0.15, 0.2) is 109 Å². The van der Waals surface area contributed by atoms with Crippen molar-refractivity contribution in [3.63, 3.8) is 0 Å². The maximum absolute atomic E-state index is 13.1. The van der Waals surface area contributed by atoms with E-state index in [4.69, 9.17) is 18.9 Å². The van der Waals surface area contributed by atoms with Gasteiger partial charge in [0.05, 0.1) is 13.3 Å². The van der Waals surface area contributed by atoms with Gasteiger partial charge in [0.15, 0.2) is 0 Å². The highest BCUT2D eigenvalue weighted by atomic mass is 16.5. The fourth-order valence-corrected chi connectivity index (χ4v) is 6.35. The fourth-order valence-electron chi connectivity index (χ4n) is 6.35. The van der Waals surface area contributed by atoms with E-state index in [0.717, 1.165) is 64.7 Å². The van der Waals surface area contributed by atoms with Gasteiger partial charge in [-0.2, -0.15) is 0 Å². The van der Waals surface area contributed by atoms with Gasteiger partial charge in [0, 0.05) is 44.9 Å². The predicted octanol–water partition coefficient (Wildman–Crippen LogP) is 9.14. The van der Waals surface area contributed by atoms with Crippen molar-refractivity contribution in [1.29, 1.82) is 0 Å². The average Bonchev–Trinajstić information content (AvgIpc) is 3.19. The highest BCUT2D eigenvalue weighted by molar-refractivity contribution is 5.92. The van der Waals surface area contributed by atoms with Gasteiger partial charge in [0.2, 0.25) is 11.8 Å². The van der Waals surface area contributed by atoms with E-state index >= 15 is 0 Å². The molecule has 0 bridgehead atoms. The predicted molar refractivity (Wildman–Crippen MR) is 215 cm³/mol. The lowest BCUT2D eigenvalue weighted by Crippen LogP contribution is -2.47. The molecule has 1 amide bonds. The Hall–Kier alpha value is -5.86. The lowest BCUT2D eigenvalue weighted by molar-refractivity contribution is -0.127. The second-order valence-corrected chi connectivity index (χ2v) is 13.7. The second-order valence-electron chi connectivity index (χ2n) is 13.7. The number of carbonyl (C=O) groups is 1. The minimum Gasteiger partial charge on any atom is -0.497 e. The summed E-state index contributed by atoms with van der Waals surface area (Å²) in [6.45, 7) is 13.1. The average molecular weight is 724 g/mol. The SMILES string of the molecule is COc1ccc(COc2ccc(Oc3c(C)cc(C=CC(=O)N4CCN(Cc5ccc(C=CCOc6ccc(C)cc6)cc5C)CC4)cc3C)nc2)cc1. The van der Waals surface area contributed by atoms with E-state index in [0.29, 0.717) is 37.9 Å². The number of hydrogen-bond donors (Lipinski definition) is 0. The van der Waals surface area contributed by atoms with E-state index in [1.165, 1.54) is 16.7 Å². The Kier molecular flexibility index (Phi) is 12.8. The minimum atomic E-state index is 0.0301. The lowest BCUT2D eigenvalue weighted by atomic mass is 10.0. The molecule has 0 atom stereocenters. The van der Waals surface area contributed by atoms with E-state index in [9.17, 15) is 4.79 Å². The van der Waals surface area contributed by atoms with Crippen LogP contribution in [-0.4, -0.2) is 60.6 Å². The third-order valence-electron chi connectivity index (χ3n) is 9.50. The third kappa shape index (κ3) is 10.6. The number of rotatable bonds is 14. The van der Waals surface area contributed by atoms with E-state index < -0.39 is 0 Å². The summed E-state index contributed by atoms with van der Waals surface area (Å²) < 4.78 is 23.1. The zero-order chi connectivity index (χ0) is 37.9. The van der Waals surface area contributed by atoms with Gasteiger partial charge in [-0.25, -0.2) is 4.98 Å². The highest BCUT2D eigenvalue weighted by Crippen LogP contribution is 2.30. The van der Waals surface area contributed by atoms with Gasteiger partial charge in [-0.1, -0.05) is 54.1 Å². The third-order valence-corrected chi connectivity index (χ3v) is 9.50. The van der Waals surface area contributed by atoms with E-state index in [2.05, 4.69) is 60.1 Å². The number of hydrogen-bond acceptors (Lipinski definition) is 7. The van der Waals surface area contributed by atoms with Crippen LogP contribution in [0.25, 0.3) is 12.2 Å². The van der Waals surface area contributed by atoms with Crippen LogP contribution in [0.1, 0.15) is 44.5 Å². The molecular formula is C46H49N3O5. The molecule has 6 rings (SSSR count). The molecule has 0 unspecified atom stereocenters. The number of ether oxygens (including phenoxy) is 4. The summed E-state index contributed by atoms with van der Waals surface area (Å²) in [5, 5.41) is 0. The van der Waals surface area contributed by atoms with Crippen LogP contribution < -0.4 is 18.9 Å². The zero-order valence-electron chi connectivity index (χ0n) is 31.9. The molecule has 8 heteroatoms. The Balaban J connectivity index is 0.942. The molecule has 1 aliphatic rings. The lowest BCUT2D eigenvalue weighted by Gasteiger charge is -2.34. The molecule has 1 aromatic heterocycles. The highest BCUT2D eigenvalue weighted by Gasteiger charge is 2.20. The summed E-state index contributed by atoms with van der Waals surface area (Å²) in [5.41, 5.74) is 8.87. The molecule has 1 saturated heterocycles. The molecule has 1 aliphatic heterocycles. The molecule has 4 aromatic carbocycles. The first-order chi connectivity index (χ1) is 26.2. The molecule has 1 fully saturated rings. The first kappa shape index (κ1) is 37.9. The van der Waals surface area contributed by atoms with Gasteiger partial charge in [-0.15, -0.1) is 0 Å². The quantitative estimate of drug-likeness (QED) is 0.106. The number of piperazine rings is 1. The fraction of sp³-hybridized carbons (Fsp3) is 0.261. The maximum Gasteiger partial charge on any atom is 0.246 e. The monoisotopic (exact) mass is 723 g/mol. The van der Waals surface area contributed by atoms with E-state index in [-0.39, 0.29) is 5.91 Å². The van der Waals surface area contributed by atoms with Crippen molar-refractivity contribution < 1.29 is 23.7 Å². The minimum absolute atomic E-state index is 0.0301. The number of methoxy groups -OCH3 is 1. The molecule has 0 radical (unpaired) electrons. The van der Waals surface area contributed by atoms with Crippen molar-refractivity contribution in [2.24, 2.45) is 0 Å². The molecule has 54 heavy (non-hydrogen) atoms. The summed E-state index contributed by atoms with van der Waals surface area (Å²) in [7, 11) is 1.65. The van der Waals surface area contributed by atoms with Gasteiger partial charge in [0.1, 0.15) is 36.2 Å². The topological polar surface area (TPSA) is 73.4 Å². The Labute approximate surface area is 319 Å². The van der Waals surface area contributed by atoms with Crippen molar-refractivity contribution in [1.82, 2.24) is 14.8 Å². The summed E-state index contributed by atoms with van der Waals surface area (Å²) in [5.74, 6) is 3.60. The summed E-state index contributed by atoms with van der Waals surface area (Å²) in [6.07, 6.45) is 9.38. The van der Waals surface area contributed by atoms with Crippen molar-refractivity contribution in [2.75, 3.05) is 39.9 Å². The number of nitrogens with zero attached hydrogens (tertiary/aromatic N) is 3. The van der Waals surface area contributed by atoms with Crippen molar-refractivity contribution in [3.8, 4) is 28.9 Å². The Bertz CT molecular complexity index is 2040. The largest absolute Gasteiger partial charge is 0.497 e. The molecule has 0 spiro atoms. The van der Waals surface area contributed by atoms with Crippen molar-refractivity contribution in [2.45, 2.75) is 40.8 Å². The number of pyridine rings is 1. The summed E-state index contributed by atoms with van der Waals surface area (Å²) in [4.78, 5) is 21.9. The van der Waals surface area contributed by atoms with E-state index in [1.54, 1.807) is 25.4 Å². The maximum atomic E-state index is 13.1. The van der Waals surface area contributed by atoms with Crippen LogP contribution in [0, 0.1) is 27.7 Å². The second kappa shape index (κ2) is 18.3. The molecule has 0 saturated carbocycles. The van der Waals surface area contributed by atoms with Crippen molar-refractivity contribution >= 4 is 18.1 Å². The van der Waals surface area contributed by atoms with Crippen LogP contribution in [0.4, 0.5) is 0 Å². The van der Waals surface area contributed by atoms with Crippen molar-refractivity contribution in [3.05, 3.63) is 154 Å². The van der Waals surface area contributed by atoms with Gasteiger partial charge in [-0.3, -0.25) is 9.69 Å². The van der Waals surface area contributed by atoms with Crippen LogP contribution in [0.2, 0.25) is 0 Å². The molecule has 278 valence electrons. The Morgan fingerprint density at radius 1 is 0.722 bits per heavy atom. The van der Waals surface area contributed by atoms with Gasteiger partial charge >= 0.3 is 0 Å². The molecule has 0 N–H and O–H groups in total. The molecular weight excluding hydrogens is 675 g/mol. The molecule has 5 aromatic rings. The van der Waals surface area contributed by atoms with Gasteiger partial charge in [-0.05, 0) is 121 Å². The first-order valence-electron chi connectivity index (χ1n) is 18.4. The van der Waals surface area contributed by atoms with Gasteiger partial charge in [0.25, 0.3) is 0 Å². The Morgan fingerprint density at radius 3 is 2.07 bits per heavy atom. The molecule has 0 aliphatic carbocycles.